The molecular formula is C15H14FN3S. The highest BCUT2D eigenvalue weighted by atomic mass is 32.1. The Labute approximate surface area is 121 Å². The summed E-state index contributed by atoms with van der Waals surface area (Å²) in [7, 11) is 3.96. The van der Waals surface area contributed by atoms with Crippen LogP contribution in [0.1, 0.15) is 0 Å². The number of halogens is 1. The molecule has 0 atom stereocenters. The quantitative estimate of drug-likeness (QED) is 0.723. The summed E-state index contributed by atoms with van der Waals surface area (Å²) in [6.45, 7) is 0. The van der Waals surface area contributed by atoms with E-state index in [-0.39, 0.29) is 5.82 Å². The van der Waals surface area contributed by atoms with Gasteiger partial charge in [0.1, 0.15) is 5.82 Å². The van der Waals surface area contributed by atoms with Crippen LogP contribution < -0.4 is 4.90 Å². The van der Waals surface area contributed by atoms with Crippen LogP contribution in [-0.4, -0.2) is 23.6 Å². The minimum Gasteiger partial charge on any atom is -0.378 e. The van der Waals surface area contributed by atoms with E-state index >= 15 is 0 Å². The van der Waals surface area contributed by atoms with Gasteiger partial charge in [-0.15, -0.1) is 0 Å². The van der Waals surface area contributed by atoms with E-state index in [0.717, 1.165) is 22.4 Å². The average Bonchev–Trinajstić information content (AvgIpc) is 2.74. The predicted octanol–water partition coefficient (Wildman–Crippen LogP) is 3.89. The van der Waals surface area contributed by atoms with Crippen LogP contribution in [0.2, 0.25) is 0 Å². The summed E-state index contributed by atoms with van der Waals surface area (Å²) in [5, 5.41) is 0. The number of benzene rings is 2. The molecule has 1 N–H and O–H groups in total. The van der Waals surface area contributed by atoms with Crippen molar-refractivity contribution in [3.8, 4) is 5.69 Å². The van der Waals surface area contributed by atoms with E-state index in [1.54, 1.807) is 6.07 Å². The highest BCUT2D eigenvalue weighted by molar-refractivity contribution is 7.71. The number of aromatic amines is 1. The van der Waals surface area contributed by atoms with Gasteiger partial charge >= 0.3 is 0 Å². The Hall–Kier alpha value is -2.14. The van der Waals surface area contributed by atoms with Crippen molar-refractivity contribution < 1.29 is 4.39 Å². The van der Waals surface area contributed by atoms with Crippen molar-refractivity contribution in [1.82, 2.24) is 9.55 Å². The zero-order valence-corrected chi connectivity index (χ0v) is 12.0. The number of hydrogen-bond acceptors (Lipinski definition) is 2. The van der Waals surface area contributed by atoms with Gasteiger partial charge in [-0.1, -0.05) is 6.07 Å². The van der Waals surface area contributed by atoms with Crippen LogP contribution >= 0.6 is 12.2 Å². The monoisotopic (exact) mass is 287 g/mol. The lowest BCUT2D eigenvalue weighted by Crippen LogP contribution is -2.09. The van der Waals surface area contributed by atoms with Crippen molar-refractivity contribution in [2.45, 2.75) is 0 Å². The number of imidazole rings is 1. The molecule has 1 aromatic heterocycles. The fourth-order valence-electron chi connectivity index (χ4n) is 2.24. The van der Waals surface area contributed by atoms with Crippen molar-refractivity contribution in [3.05, 3.63) is 53.1 Å². The van der Waals surface area contributed by atoms with Crippen LogP contribution in [0.3, 0.4) is 0 Å². The molecule has 0 aliphatic carbocycles. The molecule has 0 radical (unpaired) electrons. The fraction of sp³-hybridized carbons (Fsp3) is 0.133. The Kier molecular flexibility index (Phi) is 3.06. The van der Waals surface area contributed by atoms with Crippen molar-refractivity contribution in [3.63, 3.8) is 0 Å². The first-order chi connectivity index (χ1) is 9.56. The summed E-state index contributed by atoms with van der Waals surface area (Å²) in [5.74, 6) is -0.274. The van der Waals surface area contributed by atoms with Crippen molar-refractivity contribution in [2.75, 3.05) is 19.0 Å². The molecule has 0 fully saturated rings. The van der Waals surface area contributed by atoms with E-state index < -0.39 is 0 Å². The molecule has 3 rings (SSSR count). The number of nitrogens with zero attached hydrogens (tertiary/aromatic N) is 2. The molecular weight excluding hydrogens is 273 g/mol. The Morgan fingerprint density at radius 2 is 1.95 bits per heavy atom. The van der Waals surface area contributed by atoms with Gasteiger partial charge in [0.05, 0.1) is 16.7 Å². The first kappa shape index (κ1) is 12.9. The molecule has 102 valence electrons. The van der Waals surface area contributed by atoms with Gasteiger partial charge in [-0.2, -0.15) is 0 Å². The topological polar surface area (TPSA) is 24.0 Å². The number of H-pyrrole nitrogens is 1. The van der Waals surface area contributed by atoms with Gasteiger partial charge in [0, 0.05) is 25.8 Å². The molecule has 0 saturated heterocycles. The Morgan fingerprint density at radius 1 is 1.15 bits per heavy atom. The maximum absolute atomic E-state index is 13.5. The van der Waals surface area contributed by atoms with Gasteiger partial charge < -0.3 is 9.88 Å². The molecule has 0 saturated carbocycles. The highest BCUT2D eigenvalue weighted by Gasteiger charge is 2.08. The van der Waals surface area contributed by atoms with Crippen LogP contribution in [0.4, 0.5) is 10.1 Å². The lowest BCUT2D eigenvalue weighted by Gasteiger charge is -2.14. The first-order valence-corrected chi connectivity index (χ1v) is 6.65. The molecule has 0 unspecified atom stereocenters. The number of rotatable bonds is 2. The normalized spacial score (nSPS) is 10.9. The third-order valence-electron chi connectivity index (χ3n) is 3.25. The molecule has 20 heavy (non-hydrogen) atoms. The van der Waals surface area contributed by atoms with Gasteiger partial charge in [0.2, 0.25) is 0 Å². The van der Waals surface area contributed by atoms with Gasteiger partial charge in [-0.3, -0.25) is 4.57 Å². The first-order valence-electron chi connectivity index (χ1n) is 6.24. The molecule has 1 heterocycles. The number of nitrogens with one attached hydrogen (secondary N) is 1. The summed E-state index contributed by atoms with van der Waals surface area (Å²) in [4.78, 5) is 5.12. The zero-order valence-electron chi connectivity index (χ0n) is 11.2. The molecule has 3 nitrogen and oxygen atoms in total. The molecule has 3 aromatic rings. The van der Waals surface area contributed by atoms with E-state index in [9.17, 15) is 4.39 Å². The molecule has 5 heteroatoms. The molecule has 0 spiro atoms. The highest BCUT2D eigenvalue weighted by Crippen LogP contribution is 2.23. The summed E-state index contributed by atoms with van der Waals surface area (Å²) >= 11 is 5.36. The second-order valence-corrected chi connectivity index (χ2v) is 5.23. The molecule has 0 bridgehead atoms. The van der Waals surface area contributed by atoms with E-state index in [2.05, 4.69) is 4.98 Å². The number of hydrogen-bond donors (Lipinski definition) is 1. The van der Waals surface area contributed by atoms with Crippen LogP contribution in [-0.2, 0) is 0 Å². The van der Waals surface area contributed by atoms with Crippen LogP contribution in [0.25, 0.3) is 16.7 Å². The maximum atomic E-state index is 13.5. The van der Waals surface area contributed by atoms with E-state index in [0.29, 0.717) is 4.77 Å². The Balaban J connectivity index is 2.29. The van der Waals surface area contributed by atoms with Crippen molar-refractivity contribution in [2.24, 2.45) is 0 Å². The van der Waals surface area contributed by atoms with Gasteiger partial charge in [0.25, 0.3) is 0 Å². The molecule has 0 amide bonds. The summed E-state index contributed by atoms with van der Waals surface area (Å²) < 4.78 is 15.9. The predicted molar refractivity (Wildman–Crippen MR) is 82.7 cm³/mol. The lowest BCUT2D eigenvalue weighted by atomic mass is 10.2. The van der Waals surface area contributed by atoms with E-state index in [1.165, 1.54) is 12.1 Å². The minimum atomic E-state index is -0.274. The fourth-order valence-corrected chi connectivity index (χ4v) is 2.56. The molecule has 0 aliphatic rings. The van der Waals surface area contributed by atoms with Crippen LogP contribution in [0.5, 0.6) is 0 Å². The largest absolute Gasteiger partial charge is 0.378 e. The summed E-state index contributed by atoms with van der Waals surface area (Å²) in [6, 6.07) is 12.6. The molecule has 0 aliphatic heterocycles. The SMILES string of the molecule is CN(C)c1cccc(-n2c(=S)[nH]c3ccc(F)cc32)c1. The van der Waals surface area contributed by atoms with Crippen molar-refractivity contribution in [1.29, 1.82) is 0 Å². The van der Waals surface area contributed by atoms with Gasteiger partial charge in [-0.25, -0.2) is 4.39 Å². The third kappa shape index (κ3) is 2.10. The summed E-state index contributed by atoms with van der Waals surface area (Å²) in [6.07, 6.45) is 0. The second kappa shape index (κ2) is 4.76. The van der Waals surface area contributed by atoms with Gasteiger partial charge in [0.15, 0.2) is 4.77 Å². The van der Waals surface area contributed by atoms with Crippen LogP contribution in [0.15, 0.2) is 42.5 Å². The third-order valence-corrected chi connectivity index (χ3v) is 3.53. The minimum absolute atomic E-state index is 0.274. The lowest BCUT2D eigenvalue weighted by molar-refractivity contribution is 0.629. The van der Waals surface area contributed by atoms with E-state index in [4.69, 9.17) is 12.2 Å². The number of aromatic nitrogens is 2. The smallest absolute Gasteiger partial charge is 0.182 e. The average molecular weight is 287 g/mol. The van der Waals surface area contributed by atoms with E-state index in [1.807, 2.05) is 47.8 Å². The standard InChI is InChI=1S/C15H14FN3S/c1-18(2)11-4-3-5-12(9-11)19-14-8-10(16)6-7-13(14)17-15(19)20/h3-9H,1-2H3,(H,17,20). The Morgan fingerprint density at radius 3 is 2.70 bits per heavy atom. The number of anilines is 1. The van der Waals surface area contributed by atoms with Gasteiger partial charge in [-0.05, 0) is 42.5 Å². The second-order valence-electron chi connectivity index (χ2n) is 4.84. The maximum Gasteiger partial charge on any atom is 0.182 e. The van der Waals surface area contributed by atoms with Crippen LogP contribution in [0, 0.1) is 10.6 Å². The summed E-state index contributed by atoms with van der Waals surface area (Å²) in [5.41, 5.74) is 3.55. The Bertz CT molecular complexity index is 832. The molecule has 2 aromatic carbocycles. The number of fused-ring (bicyclic) bond motifs is 1. The van der Waals surface area contributed by atoms with Crippen molar-refractivity contribution >= 4 is 28.9 Å². The zero-order chi connectivity index (χ0) is 14.3.